The molecule has 0 aromatic heterocycles. The fourth-order valence-electron chi connectivity index (χ4n) is 0.207. The van der Waals surface area contributed by atoms with Crippen molar-refractivity contribution in [3.63, 3.8) is 0 Å². The molecule has 0 radical (unpaired) electrons. The first kappa shape index (κ1) is 6.50. The van der Waals surface area contributed by atoms with Gasteiger partial charge in [-0.15, -0.1) is 0 Å². The SMILES string of the molecule is CC(=N)/C=C(\N)Cl. The highest BCUT2D eigenvalue weighted by Gasteiger charge is 1.78. The highest BCUT2D eigenvalue weighted by atomic mass is 35.5. The van der Waals surface area contributed by atoms with Gasteiger partial charge in [-0.1, -0.05) is 11.6 Å². The van der Waals surface area contributed by atoms with Crippen molar-refractivity contribution in [1.29, 1.82) is 5.41 Å². The lowest BCUT2D eigenvalue weighted by molar-refractivity contribution is 1.47. The highest BCUT2D eigenvalue weighted by molar-refractivity contribution is 6.30. The summed E-state index contributed by atoms with van der Waals surface area (Å²) in [5.74, 6) is 0. The maximum absolute atomic E-state index is 6.78. The Morgan fingerprint density at radius 1 is 1.86 bits per heavy atom. The summed E-state index contributed by atoms with van der Waals surface area (Å²) in [7, 11) is 0. The van der Waals surface area contributed by atoms with E-state index in [9.17, 15) is 0 Å². The minimum atomic E-state index is 0.160. The van der Waals surface area contributed by atoms with Crippen molar-refractivity contribution in [2.24, 2.45) is 5.73 Å². The largest absolute Gasteiger partial charge is 0.389 e. The van der Waals surface area contributed by atoms with Crippen LogP contribution in [0.2, 0.25) is 0 Å². The van der Waals surface area contributed by atoms with E-state index in [0.29, 0.717) is 5.71 Å². The Hall–Kier alpha value is -0.500. The molecule has 0 unspecified atom stereocenters. The van der Waals surface area contributed by atoms with Gasteiger partial charge in [0.1, 0.15) is 5.16 Å². The zero-order valence-electron chi connectivity index (χ0n) is 4.03. The molecule has 0 aromatic rings. The summed E-state index contributed by atoms with van der Waals surface area (Å²) in [5, 5.41) is 6.94. The highest BCUT2D eigenvalue weighted by Crippen LogP contribution is 1.88. The average Bonchev–Trinajstić information content (AvgIpc) is 1.27. The predicted molar refractivity (Wildman–Crippen MR) is 31.5 cm³/mol. The molecule has 0 aliphatic rings. The van der Waals surface area contributed by atoms with Gasteiger partial charge < -0.3 is 11.1 Å². The molecule has 3 heteroatoms. The van der Waals surface area contributed by atoms with E-state index < -0.39 is 0 Å². The Morgan fingerprint density at radius 3 is 2.29 bits per heavy atom. The van der Waals surface area contributed by atoms with Crippen molar-refractivity contribution >= 4 is 17.3 Å². The van der Waals surface area contributed by atoms with Gasteiger partial charge in [0, 0.05) is 5.71 Å². The third-order valence-electron chi connectivity index (χ3n) is 0.354. The van der Waals surface area contributed by atoms with Gasteiger partial charge in [0.15, 0.2) is 0 Å². The standard InChI is InChI=1S/C4H7ClN2/c1-3(6)2-4(5)7/h2,6H,7H2,1H3/b4-2-,6-3?. The third kappa shape index (κ3) is 5.50. The van der Waals surface area contributed by atoms with Gasteiger partial charge in [-0.05, 0) is 13.0 Å². The van der Waals surface area contributed by atoms with Gasteiger partial charge in [0.2, 0.25) is 0 Å². The zero-order chi connectivity index (χ0) is 5.86. The molecule has 0 rings (SSSR count). The van der Waals surface area contributed by atoms with E-state index in [1.54, 1.807) is 6.92 Å². The van der Waals surface area contributed by atoms with Gasteiger partial charge in [-0.25, -0.2) is 0 Å². The van der Waals surface area contributed by atoms with Crippen LogP contribution < -0.4 is 5.73 Å². The van der Waals surface area contributed by atoms with E-state index in [1.165, 1.54) is 6.08 Å². The maximum Gasteiger partial charge on any atom is 0.101 e. The van der Waals surface area contributed by atoms with Crippen molar-refractivity contribution < 1.29 is 0 Å². The molecule has 0 aliphatic heterocycles. The summed E-state index contributed by atoms with van der Waals surface area (Å²) in [6.45, 7) is 1.61. The molecule has 0 spiro atoms. The first-order valence-corrected chi connectivity index (χ1v) is 2.18. The zero-order valence-corrected chi connectivity index (χ0v) is 4.79. The van der Waals surface area contributed by atoms with Crippen LogP contribution in [0.4, 0.5) is 0 Å². The summed E-state index contributed by atoms with van der Waals surface area (Å²) in [6, 6.07) is 0. The Balaban J connectivity index is 3.68. The molecule has 0 saturated heterocycles. The summed E-state index contributed by atoms with van der Waals surface area (Å²) >= 11 is 5.17. The van der Waals surface area contributed by atoms with E-state index in [2.05, 4.69) is 0 Å². The van der Waals surface area contributed by atoms with E-state index in [0.717, 1.165) is 0 Å². The smallest absolute Gasteiger partial charge is 0.101 e. The number of hydrogen-bond acceptors (Lipinski definition) is 2. The third-order valence-corrected chi connectivity index (χ3v) is 0.464. The van der Waals surface area contributed by atoms with Gasteiger partial charge >= 0.3 is 0 Å². The number of nitrogens with two attached hydrogens (primary N) is 1. The topological polar surface area (TPSA) is 49.9 Å². The summed E-state index contributed by atoms with van der Waals surface area (Å²) in [4.78, 5) is 0. The monoisotopic (exact) mass is 118 g/mol. The number of nitrogens with one attached hydrogen (secondary N) is 1. The van der Waals surface area contributed by atoms with Crippen LogP contribution in [0.5, 0.6) is 0 Å². The number of halogens is 1. The second-order valence-corrected chi connectivity index (χ2v) is 1.65. The molecule has 0 atom stereocenters. The van der Waals surface area contributed by atoms with Crippen molar-refractivity contribution in [3.8, 4) is 0 Å². The van der Waals surface area contributed by atoms with Crippen molar-refractivity contribution in [2.75, 3.05) is 0 Å². The van der Waals surface area contributed by atoms with E-state index in [4.69, 9.17) is 22.7 Å². The quantitative estimate of drug-likeness (QED) is 0.393. The first-order valence-electron chi connectivity index (χ1n) is 1.81. The van der Waals surface area contributed by atoms with Crippen LogP contribution in [0.25, 0.3) is 0 Å². The second-order valence-electron chi connectivity index (χ2n) is 1.21. The number of hydrogen-bond donors (Lipinski definition) is 2. The van der Waals surface area contributed by atoms with E-state index in [1.807, 2.05) is 0 Å². The summed E-state index contributed by atoms with van der Waals surface area (Å²) in [6.07, 6.45) is 1.38. The van der Waals surface area contributed by atoms with Crippen LogP contribution >= 0.6 is 11.6 Å². The fourth-order valence-corrected chi connectivity index (χ4v) is 0.370. The molecule has 0 fully saturated rings. The fraction of sp³-hybridized carbons (Fsp3) is 0.250. The molecule has 0 saturated carbocycles. The normalized spacial score (nSPS) is 11.4. The van der Waals surface area contributed by atoms with Crippen LogP contribution in [0.3, 0.4) is 0 Å². The molecule has 0 amide bonds. The summed E-state index contributed by atoms with van der Waals surface area (Å²) < 4.78 is 0. The predicted octanol–water partition coefficient (Wildman–Crippen LogP) is 1.06. The van der Waals surface area contributed by atoms with Crippen LogP contribution in [-0.4, -0.2) is 5.71 Å². The molecule has 0 heterocycles. The lowest BCUT2D eigenvalue weighted by Crippen LogP contribution is -1.90. The van der Waals surface area contributed by atoms with Crippen molar-refractivity contribution in [2.45, 2.75) is 6.92 Å². The van der Waals surface area contributed by atoms with Gasteiger partial charge in [-0.2, -0.15) is 0 Å². The minimum Gasteiger partial charge on any atom is -0.389 e. The Kier molecular flexibility index (Phi) is 2.45. The summed E-state index contributed by atoms with van der Waals surface area (Å²) in [5.41, 5.74) is 5.35. The van der Waals surface area contributed by atoms with Gasteiger partial charge in [0.05, 0.1) is 0 Å². The average molecular weight is 119 g/mol. The number of rotatable bonds is 1. The van der Waals surface area contributed by atoms with Crippen LogP contribution in [0.15, 0.2) is 11.2 Å². The van der Waals surface area contributed by atoms with Crippen LogP contribution in [0, 0.1) is 5.41 Å². The molecular weight excluding hydrogens is 112 g/mol. The lowest BCUT2D eigenvalue weighted by atomic mass is 10.4. The molecule has 3 N–H and O–H groups in total. The van der Waals surface area contributed by atoms with E-state index >= 15 is 0 Å². The minimum absolute atomic E-state index is 0.160. The first-order chi connectivity index (χ1) is 3.13. The maximum atomic E-state index is 6.78. The number of allylic oxidation sites excluding steroid dienone is 1. The van der Waals surface area contributed by atoms with Crippen LogP contribution in [-0.2, 0) is 0 Å². The van der Waals surface area contributed by atoms with Crippen LogP contribution in [0.1, 0.15) is 6.92 Å². The molecular formula is C4H7ClN2. The van der Waals surface area contributed by atoms with Crippen molar-refractivity contribution in [3.05, 3.63) is 11.2 Å². The Morgan fingerprint density at radius 2 is 2.29 bits per heavy atom. The molecule has 2 nitrogen and oxygen atoms in total. The Bertz CT molecular complexity index is 102. The van der Waals surface area contributed by atoms with Gasteiger partial charge in [-0.3, -0.25) is 0 Å². The lowest BCUT2D eigenvalue weighted by Gasteiger charge is -1.82. The second kappa shape index (κ2) is 2.64. The van der Waals surface area contributed by atoms with E-state index in [-0.39, 0.29) is 5.16 Å². The molecule has 0 aliphatic carbocycles. The molecule has 7 heavy (non-hydrogen) atoms. The van der Waals surface area contributed by atoms with Crippen molar-refractivity contribution in [1.82, 2.24) is 0 Å². The van der Waals surface area contributed by atoms with Gasteiger partial charge in [0.25, 0.3) is 0 Å². The molecule has 40 valence electrons. The molecule has 0 aromatic carbocycles. The Labute approximate surface area is 47.5 Å². The molecule has 0 bridgehead atoms.